The molecule has 0 bridgehead atoms. The molecule has 2 aliphatic rings. The van der Waals surface area contributed by atoms with Gasteiger partial charge in [-0.1, -0.05) is 41.4 Å². The first kappa shape index (κ1) is 30.1. The number of benzene rings is 3. The number of nitrogens with zero attached hydrogens (tertiary/aromatic N) is 4. The van der Waals surface area contributed by atoms with Crippen molar-refractivity contribution in [2.75, 3.05) is 56.9 Å². The molecule has 2 amide bonds. The first-order valence-electron chi connectivity index (χ1n) is 13.8. The summed E-state index contributed by atoms with van der Waals surface area (Å²) in [6.07, 6.45) is 0.794. The lowest BCUT2D eigenvalue weighted by atomic mass is 9.97. The molecule has 1 saturated heterocycles. The summed E-state index contributed by atoms with van der Waals surface area (Å²) in [5.74, 6) is -0.381. The van der Waals surface area contributed by atoms with E-state index in [0.717, 1.165) is 48.3 Å². The zero-order valence-electron chi connectivity index (χ0n) is 23.2. The van der Waals surface area contributed by atoms with Gasteiger partial charge in [0.1, 0.15) is 6.04 Å². The standard InChI is InChI=1S/C31H34Cl2IN5O2/c1-20(25-10-8-23(33)18-27(25)35)39-29(21-4-6-22(32)7-5-21)31(41)38(13-3-12-37-16-14-36(2)15-17-37)28-11-9-24(34)19-26(28)30(39)40/h4-11,18-20,29H,3,12-17,35H2,1-2H3/t20?,29-/m0/s1. The topological polar surface area (TPSA) is 73.1 Å². The number of carbonyl (C=O) groups excluding carboxylic acids is 2. The molecular formula is C31H34Cl2IN5O2. The SMILES string of the molecule is CC(c1ccc(Cl)cc1N)N1C(=O)c2cc(I)ccc2N(CCCN2CCN(C)CC2)C(=O)[C@@H]1c1ccc(Cl)cc1. The number of nitrogen functional groups attached to an aromatic ring is 1. The van der Waals surface area contributed by atoms with E-state index in [0.29, 0.717) is 39.1 Å². The van der Waals surface area contributed by atoms with Crippen LogP contribution in [0.4, 0.5) is 11.4 Å². The lowest BCUT2D eigenvalue weighted by Crippen LogP contribution is -2.46. The van der Waals surface area contributed by atoms with Crippen LogP contribution in [0.15, 0.2) is 60.7 Å². The molecule has 0 aromatic heterocycles. The normalized spacial score (nSPS) is 19.3. The Morgan fingerprint density at radius 1 is 0.927 bits per heavy atom. The molecule has 0 spiro atoms. The molecule has 41 heavy (non-hydrogen) atoms. The Kier molecular flexibility index (Phi) is 9.45. The number of fused-ring (bicyclic) bond motifs is 1. The smallest absolute Gasteiger partial charge is 0.257 e. The molecule has 1 fully saturated rings. The van der Waals surface area contributed by atoms with Crippen molar-refractivity contribution < 1.29 is 9.59 Å². The highest BCUT2D eigenvalue weighted by atomic mass is 127. The summed E-state index contributed by atoms with van der Waals surface area (Å²) >= 11 is 14.6. The second-order valence-electron chi connectivity index (χ2n) is 10.8. The van der Waals surface area contributed by atoms with Crippen LogP contribution in [0.5, 0.6) is 0 Å². The maximum absolute atomic E-state index is 14.7. The van der Waals surface area contributed by atoms with E-state index >= 15 is 0 Å². The third kappa shape index (κ3) is 6.51. The lowest BCUT2D eigenvalue weighted by molar-refractivity contribution is -0.123. The average Bonchev–Trinajstić information content (AvgIpc) is 3.03. The predicted molar refractivity (Wildman–Crippen MR) is 175 cm³/mol. The number of carbonyl (C=O) groups is 2. The summed E-state index contributed by atoms with van der Waals surface area (Å²) in [6, 6.07) is 16.7. The second kappa shape index (κ2) is 12.9. The van der Waals surface area contributed by atoms with Crippen molar-refractivity contribution in [1.82, 2.24) is 14.7 Å². The molecule has 10 heteroatoms. The minimum absolute atomic E-state index is 0.154. The summed E-state index contributed by atoms with van der Waals surface area (Å²) in [4.78, 5) is 37.4. The van der Waals surface area contributed by atoms with Crippen molar-refractivity contribution >= 4 is 69.0 Å². The van der Waals surface area contributed by atoms with Crippen molar-refractivity contribution in [3.8, 4) is 0 Å². The largest absolute Gasteiger partial charge is 0.398 e. The third-order valence-corrected chi connectivity index (χ3v) is 9.20. The van der Waals surface area contributed by atoms with E-state index in [-0.39, 0.29) is 11.8 Å². The molecule has 2 N–H and O–H groups in total. The molecule has 2 heterocycles. The molecule has 5 rings (SSSR count). The highest BCUT2D eigenvalue weighted by Gasteiger charge is 2.43. The summed E-state index contributed by atoms with van der Waals surface area (Å²) in [7, 11) is 2.14. The molecule has 7 nitrogen and oxygen atoms in total. The van der Waals surface area contributed by atoms with Gasteiger partial charge in [0, 0.05) is 52.0 Å². The van der Waals surface area contributed by atoms with Crippen LogP contribution in [0.2, 0.25) is 10.0 Å². The maximum atomic E-state index is 14.7. The first-order chi connectivity index (χ1) is 19.6. The Morgan fingerprint density at radius 2 is 1.61 bits per heavy atom. The molecule has 3 aromatic rings. The van der Waals surface area contributed by atoms with Crippen molar-refractivity contribution in [2.45, 2.75) is 25.4 Å². The van der Waals surface area contributed by atoms with Gasteiger partial charge in [-0.05, 0) is 103 Å². The number of amides is 2. The van der Waals surface area contributed by atoms with E-state index in [1.165, 1.54) is 0 Å². The maximum Gasteiger partial charge on any atom is 0.257 e. The molecule has 0 saturated carbocycles. The number of likely N-dealkylation sites (N-methyl/N-ethyl adjacent to an activating group) is 1. The Hall–Kier alpha value is -2.37. The number of rotatable bonds is 7. The number of hydrogen-bond acceptors (Lipinski definition) is 5. The lowest BCUT2D eigenvalue weighted by Gasteiger charge is -2.36. The van der Waals surface area contributed by atoms with E-state index in [9.17, 15) is 9.59 Å². The highest BCUT2D eigenvalue weighted by molar-refractivity contribution is 14.1. The third-order valence-electron chi connectivity index (χ3n) is 8.05. The van der Waals surface area contributed by atoms with Crippen LogP contribution in [-0.4, -0.2) is 72.8 Å². The molecule has 3 aromatic carbocycles. The quantitative estimate of drug-likeness (QED) is 0.237. The Bertz CT molecular complexity index is 1430. The van der Waals surface area contributed by atoms with Gasteiger partial charge in [0.2, 0.25) is 0 Å². The predicted octanol–water partition coefficient (Wildman–Crippen LogP) is 6.11. The fourth-order valence-corrected chi connectivity index (χ4v) is 6.53. The molecule has 0 radical (unpaired) electrons. The number of piperazine rings is 1. The van der Waals surface area contributed by atoms with Crippen LogP contribution in [0.1, 0.15) is 46.9 Å². The minimum atomic E-state index is -0.876. The van der Waals surface area contributed by atoms with Crippen LogP contribution in [0.25, 0.3) is 0 Å². The zero-order chi connectivity index (χ0) is 29.3. The van der Waals surface area contributed by atoms with E-state index in [1.807, 2.05) is 43.3 Å². The number of halogens is 3. The molecule has 2 atom stereocenters. The Balaban J connectivity index is 1.57. The first-order valence-corrected chi connectivity index (χ1v) is 15.6. The summed E-state index contributed by atoms with van der Waals surface area (Å²) in [5.41, 5.74) is 9.42. The van der Waals surface area contributed by atoms with E-state index in [2.05, 4.69) is 39.4 Å². The van der Waals surface area contributed by atoms with E-state index < -0.39 is 12.1 Å². The van der Waals surface area contributed by atoms with Crippen molar-refractivity contribution in [3.05, 3.63) is 91.0 Å². The van der Waals surface area contributed by atoms with Crippen molar-refractivity contribution in [1.29, 1.82) is 0 Å². The van der Waals surface area contributed by atoms with Gasteiger partial charge in [0.05, 0.1) is 17.3 Å². The van der Waals surface area contributed by atoms with E-state index in [1.54, 1.807) is 34.1 Å². The molecular weight excluding hydrogens is 672 g/mol. The van der Waals surface area contributed by atoms with Crippen LogP contribution in [0, 0.1) is 3.57 Å². The monoisotopic (exact) mass is 705 g/mol. The summed E-state index contributed by atoms with van der Waals surface area (Å²) in [5, 5.41) is 1.07. The van der Waals surface area contributed by atoms with Crippen molar-refractivity contribution in [3.63, 3.8) is 0 Å². The summed E-state index contributed by atoms with van der Waals surface area (Å²) < 4.78 is 0.920. The molecule has 216 valence electrons. The average molecular weight is 706 g/mol. The van der Waals surface area contributed by atoms with Gasteiger partial charge < -0.3 is 25.3 Å². The van der Waals surface area contributed by atoms with Crippen LogP contribution >= 0.6 is 45.8 Å². The fourth-order valence-electron chi connectivity index (χ4n) is 5.73. The van der Waals surface area contributed by atoms with Gasteiger partial charge in [0.25, 0.3) is 11.8 Å². The van der Waals surface area contributed by atoms with Crippen LogP contribution in [0.3, 0.4) is 0 Å². The van der Waals surface area contributed by atoms with Gasteiger partial charge in [-0.25, -0.2) is 0 Å². The highest BCUT2D eigenvalue weighted by Crippen LogP contribution is 2.41. The fraction of sp³-hybridized carbons (Fsp3) is 0.355. The molecule has 0 aliphatic carbocycles. The Morgan fingerprint density at radius 3 is 2.29 bits per heavy atom. The number of anilines is 2. The van der Waals surface area contributed by atoms with Gasteiger partial charge in [-0.2, -0.15) is 0 Å². The van der Waals surface area contributed by atoms with Gasteiger partial charge in [-0.3, -0.25) is 9.59 Å². The van der Waals surface area contributed by atoms with Gasteiger partial charge in [0.15, 0.2) is 0 Å². The molecule has 2 aliphatic heterocycles. The van der Waals surface area contributed by atoms with Gasteiger partial charge >= 0.3 is 0 Å². The van der Waals surface area contributed by atoms with Crippen LogP contribution in [-0.2, 0) is 4.79 Å². The second-order valence-corrected chi connectivity index (χ2v) is 12.9. The van der Waals surface area contributed by atoms with E-state index in [4.69, 9.17) is 28.9 Å². The zero-order valence-corrected chi connectivity index (χ0v) is 26.9. The van der Waals surface area contributed by atoms with Gasteiger partial charge in [-0.15, -0.1) is 0 Å². The number of nitrogens with two attached hydrogens (primary N) is 1. The molecule has 1 unspecified atom stereocenters. The van der Waals surface area contributed by atoms with Crippen molar-refractivity contribution in [2.24, 2.45) is 0 Å². The number of hydrogen-bond donors (Lipinski definition) is 1. The Labute approximate surface area is 265 Å². The summed E-state index contributed by atoms with van der Waals surface area (Å²) in [6.45, 7) is 7.40. The minimum Gasteiger partial charge on any atom is -0.398 e. The van der Waals surface area contributed by atoms with Crippen LogP contribution < -0.4 is 10.6 Å².